The third-order valence-electron chi connectivity index (χ3n) is 3.48. The number of hydrogen-bond acceptors (Lipinski definition) is 4. The van der Waals surface area contributed by atoms with Gasteiger partial charge in [0.05, 0.1) is 0 Å². The predicted octanol–water partition coefficient (Wildman–Crippen LogP) is 1.17. The number of nitrogens with two attached hydrogens (primary N) is 1. The highest BCUT2D eigenvalue weighted by Crippen LogP contribution is 2.28. The van der Waals surface area contributed by atoms with Gasteiger partial charge in [-0.05, 0) is 37.1 Å². The summed E-state index contributed by atoms with van der Waals surface area (Å²) in [4.78, 5) is 16.2. The van der Waals surface area contributed by atoms with Gasteiger partial charge in [0.15, 0.2) is 0 Å². The van der Waals surface area contributed by atoms with E-state index in [1.54, 1.807) is 12.3 Å². The first kappa shape index (κ1) is 12.0. The van der Waals surface area contributed by atoms with E-state index in [0.717, 1.165) is 31.5 Å². The molecule has 0 amide bonds. The lowest BCUT2D eigenvalue weighted by Gasteiger charge is -2.32. The summed E-state index contributed by atoms with van der Waals surface area (Å²) < 4.78 is 0. The van der Waals surface area contributed by atoms with Gasteiger partial charge in [0.25, 0.3) is 0 Å². The Morgan fingerprint density at radius 2 is 2.47 bits per heavy atom. The molecule has 3 N–H and O–H groups in total. The van der Waals surface area contributed by atoms with Crippen LogP contribution in [0.2, 0.25) is 0 Å². The SMILES string of the molecule is CC1(C(=O)Cc2ccnc(N)c2)CCCNC1. The molecule has 0 aliphatic carbocycles. The Balaban J connectivity index is 2.05. The maximum absolute atomic E-state index is 12.3. The number of carbonyl (C=O) groups is 1. The molecule has 1 saturated heterocycles. The number of nitrogens with one attached hydrogen (secondary N) is 1. The number of nitrogens with zero attached hydrogens (tertiary/aromatic N) is 1. The van der Waals surface area contributed by atoms with Crippen molar-refractivity contribution < 1.29 is 4.79 Å². The first-order chi connectivity index (χ1) is 8.10. The number of anilines is 1. The van der Waals surface area contributed by atoms with Gasteiger partial charge in [0, 0.05) is 24.6 Å². The van der Waals surface area contributed by atoms with Crippen molar-refractivity contribution in [1.82, 2.24) is 10.3 Å². The quantitative estimate of drug-likeness (QED) is 0.822. The van der Waals surface area contributed by atoms with E-state index >= 15 is 0 Å². The monoisotopic (exact) mass is 233 g/mol. The van der Waals surface area contributed by atoms with Crippen molar-refractivity contribution >= 4 is 11.6 Å². The topological polar surface area (TPSA) is 68.0 Å². The van der Waals surface area contributed by atoms with E-state index in [0.29, 0.717) is 12.2 Å². The van der Waals surface area contributed by atoms with Gasteiger partial charge in [-0.3, -0.25) is 4.79 Å². The minimum absolute atomic E-state index is 0.226. The van der Waals surface area contributed by atoms with Crippen LogP contribution in [0.5, 0.6) is 0 Å². The molecule has 92 valence electrons. The van der Waals surface area contributed by atoms with E-state index < -0.39 is 0 Å². The molecule has 1 aromatic rings. The number of piperidine rings is 1. The first-order valence-corrected chi connectivity index (χ1v) is 6.05. The molecule has 4 heteroatoms. The summed E-state index contributed by atoms with van der Waals surface area (Å²) in [6.45, 7) is 3.85. The van der Waals surface area contributed by atoms with Crippen LogP contribution >= 0.6 is 0 Å². The van der Waals surface area contributed by atoms with Gasteiger partial charge in [-0.2, -0.15) is 0 Å². The van der Waals surface area contributed by atoms with E-state index in [4.69, 9.17) is 5.73 Å². The highest BCUT2D eigenvalue weighted by molar-refractivity contribution is 5.86. The summed E-state index contributed by atoms with van der Waals surface area (Å²) in [5.41, 5.74) is 6.34. The fourth-order valence-electron chi connectivity index (χ4n) is 2.30. The van der Waals surface area contributed by atoms with Gasteiger partial charge in [-0.25, -0.2) is 4.98 Å². The lowest BCUT2D eigenvalue weighted by molar-refractivity contribution is -0.128. The zero-order chi connectivity index (χ0) is 12.3. The Morgan fingerprint density at radius 1 is 1.65 bits per heavy atom. The fraction of sp³-hybridized carbons (Fsp3) is 0.538. The lowest BCUT2D eigenvalue weighted by atomic mass is 9.77. The van der Waals surface area contributed by atoms with E-state index in [2.05, 4.69) is 10.3 Å². The van der Waals surface area contributed by atoms with Crippen LogP contribution in [0.1, 0.15) is 25.3 Å². The molecule has 1 unspecified atom stereocenters. The Labute approximate surface area is 102 Å². The molecule has 17 heavy (non-hydrogen) atoms. The standard InChI is InChI=1S/C13H19N3O/c1-13(4-2-5-15-9-13)11(17)7-10-3-6-16-12(14)8-10/h3,6,8,15H,2,4-5,7,9H2,1H3,(H2,14,16). The fourth-order valence-corrected chi connectivity index (χ4v) is 2.30. The number of hydrogen-bond donors (Lipinski definition) is 2. The number of rotatable bonds is 3. The van der Waals surface area contributed by atoms with Crippen molar-refractivity contribution in [2.75, 3.05) is 18.8 Å². The minimum Gasteiger partial charge on any atom is -0.384 e. The van der Waals surface area contributed by atoms with Crippen LogP contribution in [-0.4, -0.2) is 23.9 Å². The Hall–Kier alpha value is -1.42. The van der Waals surface area contributed by atoms with Crippen molar-refractivity contribution in [3.05, 3.63) is 23.9 Å². The maximum atomic E-state index is 12.3. The molecule has 0 aromatic carbocycles. The van der Waals surface area contributed by atoms with E-state index in [9.17, 15) is 4.79 Å². The molecule has 2 rings (SSSR count). The van der Waals surface area contributed by atoms with Crippen molar-refractivity contribution in [2.45, 2.75) is 26.2 Å². The molecule has 4 nitrogen and oxygen atoms in total. The normalized spacial score (nSPS) is 24.5. The highest BCUT2D eigenvalue weighted by Gasteiger charge is 2.33. The van der Waals surface area contributed by atoms with Gasteiger partial charge >= 0.3 is 0 Å². The summed E-state index contributed by atoms with van der Waals surface area (Å²) in [6.07, 6.45) is 4.14. The Bertz CT molecular complexity index is 411. The van der Waals surface area contributed by atoms with Crippen molar-refractivity contribution in [3.8, 4) is 0 Å². The second-order valence-electron chi connectivity index (χ2n) is 5.03. The second kappa shape index (κ2) is 4.84. The molecule has 0 saturated carbocycles. The molecule has 0 spiro atoms. The summed E-state index contributed by atoms with van der Waals surface area (Å²) in [7, 11) is 0. The van der Waals surface area contributed by atoms with Crippen LogP contribution in [-0.2, 0) is 11.2 Å². The molecular weight excluding hydrogens is 214 g/mol. The van der Waals surface area contributed by atoms with Gasteiger partial charge in [0.2, 0.25) is 0 Å². The number of aromatic nitrogens is 1. The number of pyridine rings is 1. The lowest BCUT2D eigenvalue weighted by Crippen LogP contribution is -2.44. The van der Waals surface area contributed by atoms with Crippen LogP contribution in [0, 0.1) is 5.41 Å². The summed E-state index contributed by atoms with van der Waals surface area (Å²) in [5, 5.41) is 3.30. The van der Waals surface area contributed by atoms with E-state index in [1.165, 1.54) is 0 Å². The van der Waals surface area contributed by atoms with Crippen LogP contribution in [0.4, 0.5) is 5.82 Å². The Kier molecular flexibility index (Phi) is 3.43. The summed E-state index contributed by atoms with van der Waals surface area (Å²) in [6, 6.07) is 3.63. The van der Waals surface area contributed by atoms with E-state index in [1.807, 2.05) is 13.0 Å². The molecular formula is C13H19N3O. The number of ketones is 1. The van der Waals surface area contributed by atoms with Crippen LogP contribution < -0.4 is 11.1 Å². The average molecular weight is 233 g/mol. The molecule has 2 heterocycles. The predicted molar refractivity (Wildman–Crippen MR) is 67.6 cm³/mol. The third kappa shape index (κ3) is 2.82. The largest absolute Gasteiger partial charge is 0.384 e. The minimum atomic E-state index is -0.226. The zero-order valence-electron chi connectivity index (χ0n) is 10.2. The molecule has 0 bridgehead atoms. The van der Waals surface area contributed by atoms with Crippen molar-refractivity contribution in [2.24, 2.45) is 5.41 Å². The average Bonchev–Trinajstić information content (AvgIpc) is 2.30. The maximum Gasteiger partial charge on any atom is 0.144 e. The highest BCUT2D eigenvalue weighted by atomic mass is 16.1. The molecule has 0 radical (unpaired) electrons. The van der Waals surface area contributed by atoms with Crippen LogP contribution in [0.25, 0.3) is 0 Å². The van der Waals surface area contributed by atoms with E-state index in [-0.39, 0.29) is 11.2 Å². The molecule has 1 fully saturated rings. The molecule has 1 atom stereocenters. The smallest absolute Gasteiger partial charge is 0.144 e. The number of carbonyl (C=O) groups excluding carboxylic acids is 1. The van der Waals surface area contributed by atoms with Gasteiger partial charge < -0.3 is 11.1 Å². The second-order valence-corrected chi connectivity index (χ2v) is 5.03. The van der Waals surface area contributed by atoms with Gasteiger partial charge in [-0.1, -0.05) is 6.92 Å². The molecule has 1 aliphatic rings. The van der Waals surface area contributed by atoms with Crippen LogP contribution in [0.3, 0.4) is 0 Å². The van der Waals surface area contributed by atoms with Crippen molar-refractivity contribution in [3.63, 3.8) is 0 Å². The zero-order valence-corrected chi connectivity index (χ0v) is 10.2. The van der Waals surface area contributed by atoms with Gasteiger partial charge in [0.1, 0.15) is 11.6 Å². The first-order valence-electron chi connectivity index (χ1n) is 6.05. The third-order valence-corrected chi connectivity index (χ3v) is 3.48. The number of Topliss-reactive ketones (excluding diaryl/α,β-unsaturated/α-hetero) is 1. The molecule has 1 aromatic heterocycles. The Morgan fingerprint density at radius 3 is 3.12 bits per heavy atom. The number of nitrogen functional groups attached to an aromatic ring is 1. The summed E-state index contributed by atoms with van der Waals surface area (Å²) >= 11 is 0. The molecule has 1 aliphatic heterocycles. The van der Waals surface area contributed by atoms with Crippen molar-refractivity contribution in [1.29, 1.82) is 0 Å². The van der Waals surface area contributed by atoms with Crippen LogP contribution in [0.15, 0.2) is 18.3 Å². The van der Waals surface area contributed by atoms with Gasteiger partial charge in [-0.15, -0.1) is 0 Å². The summed E-state index contributed by atoms with van der Waals surface area (Å²) in [5.74, 6) is 0.762.